The number of Topliss-reactive ketones (excluding diaryl/α,β-unsaturated/α-hetero) is 1. The molecule has 3 aromatic carbocycles. The van der Waals surface area contributed by atoms with E-state index in [-0.39, 0.29) is 5.78 Å². The Balaban J connectivity index is 1.59. The molecule has 4 rings (SSSR count). The van der Waals surface area contributed by atoms with E-state index in [9.17, 15) is 14.0 Å². The number of amides is 1. The second-order valence-corrected chi connectivity index (χ2v) is 7.05. The predicted molar refractivity (Wildman–Crippen MR) is 110 cm³/mol. The van der Waals surface area contributed by atoms with E-state index < -0.39 is 24.1 Å². The number of hydrogen-bond acceptors (Lipinski definition) is 4. The van der Waals surface area contributed by atoms with Crippen molar-refractivity contribution in [3.05, 3.63) is 95.8 Å². The van der Waals surface area contributed by atoms with Gasteiger partial charge < -0.3 is 9.47 Å². The molecule has 0 aliphatic carbocycles. The number of benzene rings is 3. The summed E-state index contributed by atoms with van der Waals surface area (Å²) in [5.41, 5.74) is 2.23. The van der Waals surface area contributed by atoms with E-state index in [1.54, 1.807) is 24.3 Å². The van der Waals surface area contributed by atoms with Crippen LogP contribution in [0, 0.1) is 5.82 Å². The maximum absolute atomic E-state index is 13.3. The van der Waals surface area contributed by atoms with E-state index in [2.05, 4.69) is 0 Å². The van der Waals surface area contributed by atoms with E-state index in [0.717, 1.165) is 11.1 Å². The Labute approximate surface area is 173 Å². The fourth-order valence-corrected chi connectivity index (χ4v) is 3.48. The first-order valence-electron chi connectivity index (χ1n) is 9.55. The molecule has 5 nitrogen and oxygen atoms in total. The first-order chi connectivity index (χ1) is 14.5. The highest BCUT2D eigenvalue weighted by Gasteiger charge is 2.46. The molecule has 1 aliphatic rings. The van der Waals surface area contributed by atoms with Gasteiger partial charge in [0.1, 0.15) is 24.2 Å². The van der Waals surface area contributed by atoms with Crippen LogP contribution in [0.2, 0.25) is 0 Å². The SMILES string of the molecule is CC(=O)[C@H]1OC(=O)N(c2ccc(F)cc2)[C@@H]1c1ccc(OCc2ccccc2)cc1. The van der Waals surface area contributed by atoms with Crippen molar-refractivity contribution in [1.29, 1.82) is 0 Å². The van der Waals surface area contributed by atoms with Crippen LogP contribution in [0.3, 0.4) is 0 Å². The summed E-state index contributed by atoms with van der Waals surface area (Å²) in [5.74, 6) is -0.00572. The van der Waals surface area contributed by atoms with Gasteiger partial charge in [0.05, 0.1) is 0 Å². The molecule has 0 spiro atoms. The molecule has 2 atom stereocenters. The summed E-state index contributed by atoms with van der Waals surface area (Å²) < 4.78 is 24.5. The number of anilines is 1. The second-order valence-electron chi connectivity index (χ2n) is 7.05. The third-order valence-corrected chi connectivity index (χ3v) is 4.96. The van der Waals surface area contributed by atoms with Crippen molar-refractivity contribution < 1.29 is 23.5 Å². The zero-order chi connectivity index (χ0) is 21.1. The van der Waals surface area contributed by atoms with Crippen molar-refractivity contribution in [3.8, 4) is 5.75 Å². The molecule has 0 aromatic heterocycles. The Bertz CT molecular complexity index is 1040. The number of halogens is 1. The van der Waals surface area contributed by atoms with Gasteiger partial charge in [0, 0.05) is 5.69 Å². The van der Waals surface area contributed by atoms with Gasteiger partial charge in [0.2, 0.25) is 0 Å². The van der Waals surface area contributed by atoms with Crippen LogP contribution in [0.4, 0.5) is 14.9 Å². The summed E-state index contributed by atoms with van der Waals surface area (Å²) in [6.07, 6.45) is -1.59. The molecule has 1 saturated heterocycles. The highest BCUT2D eigenvalue weighted by Crippen LogP contribution is 2.38. The zero-order valence-electron chi connectivity index (χ0n) is 16.3. The number of hydrogen-bond donors (Lipinski definition) is 0. The molecule has 1 fully saturated rings. The van der Waals surface area contributed by atoms with Gasteiger partial charge >= 0.3 is 6.09 Å². The van der Waals surface area contributed by atoms with Crippen molar-refractivity contribution >= 4 is 17.6 Å². The molecule has 152 valence electrons. The summed E-state index contributed by atoms with van der Waals surface area (Å²) in [7, 11) is 0. The minimum Gasteiger partial charge on any atom is -0.489 e. The number of rotatable bonds is 6. The lowest BCUT2D eigenvalue weighted by Crippen LogP contribution is -2.31. The number of ketones is 1. The van der Waals surface area contributed by atoms with Gasteiger partial charge in [-0.25, -0.2) is 9.18 Å². The fraction of sp³-hybridized carbons (Fsp3) is 0.167. The average Bonchev–Trinajstić information content (AvgIpc) is 3.11. The Morgan fingerprint density at radius 1 is 1.00 bits per heavy atom. The molecule has 3 aromatic rings. The van der Waals surface area contributed by atoms with Gasteiger partial charge in [-0.2, -0.15) is 0 Å². The van der Waals surface area contributed by atoms with Crippen molar-refractivity contribution in [2.24, 2.45) is 0 Å². The first kappa shape index (κ1) is 19.6. The van der Waals surface area contributed by atoms with Crippen molar-refractivity contribution in [3.63, 3.8) is 0 Å². The van der Waals surface area contributed by atoms with Crippen LogP contribution in [0.1, 0.15) is 24.1 Å². The van der Waals surface area contributed by atoms with Crippen LogP contribution in [-0.2, 0) is 16.1 Å². The predicted octanol–water partition coefficient (Wildman–Crippen LogP) is 5.06. The quantitative estimate of drug-likeness (QED) is 0.575. The van der Waals surface area contributed by atoms with Gasteiger partial charge in [-0.15, -0.1) is 0 Å². The molecule has 0 N–H and O–H groups in total. The van der Waals surface area contributed by atoms with Crippen LogP contribution >= 0.6 is 0 Å². The molecular formula is C24H20FNO4. The topological polar surface area (TPSA) is 55.8 Å². The highest BCUT2D eigenvalue weighted by molar-refractivity contribution is 5.97. The molecule has 6 heteroatoms. The Morgan fingerprint density at radius 3 is 2.30 bits per heavy atom. The molecule has 0 bridgehead atoms. The molecule has 1 aliphatic heterocycles. The lowest BCUT2D eigenvalue weighted by molar-refractivity contribution is -0.124. The summed E-state index contributed by atoms with van der Waals surface area (Å²) in [6, 6.07) is 21.9. The van der Waals surface area contributed by atoms with E-state index >= 15 is 0 Å². The third kappa shape index (κ3) is 4.03. The number of ether oxygens (including phenoxy) is 2. The average molecular weight is 405 g/mol. The van der Waals surface area contributed by atoms with Gasteiger partial charge in [0.15, 0.2) is 11.9 Å². The molecule has 0 unspecified atom stereocenters. The molecule has 0 radical (unpaired) electrons. The van der Waals surface area contributed by atoms with Crippen molar-refractivity contribution in [2.75, 3.05) is 4.90 Å². The molecule has 0 saturated carbocycles. The maximum atomic E-state index is 13.3. The van der Waals surface area contributed by atoms with Crippen LogP contribution in [-0.4, -0.2) is 18.0 Å². The smallest absolute Gasteiger partial charge is 0.415 e. The minimum atomic E-state index is -0.946. The third-order valence-electron chi connectivity index (χ3n) is 4.96. The Morgan fingerprint density at radius 2 is 1.67 bits per heavy atom. The fourth-order valence-electron chi connectivity index (χ4n) is 3.48. The monoisotopic (exact) mass is 405 g/mol. The summed E-state index contributed by atoms with van der Waals surface area (Å²) in [5, 5.41) is 0. The van der Waals surface area contributed by atoms with Gasteiger partial charge in [-0.3, -0.25) is 9.69 Å². The standard InChI is InChI=1S/C24H20FNO4/c1-16(27)23-22(26(24(28)30-23)20-11-9-19(25)10-12-20)18-7-13-21(14-8-18)29-15-17-5-3-2-4-6-17/h2-14,22-23H,15H2,1H3/t22-,23-/m1/s1. The van der Waals surface area contributed by atoms with Crippen molar-refractivity contribution in [2.45, 2.75) is 25.7 Å². The summed E-state index contributed by atoms with van der Waals surface area (Å²) in [6.45, 7) is 1.82. The highest BCUT2D eigenvalue weighted by atomic mass is 19.1. The number of nitrogens with zero attached hydrogens (tertiary/aromatic N) is 1. The summed E-state index contributed by atoms with van der Waals surface area (Å²) >= 11 is 0. The molecule has 30 heavy (non-hydrogen) atoms. The van der Waals surface area contributed by atoms with Crippen LogP contribution < -0.4 is 9.64 Å². The molecular weight excluding hydrogens is 385 g/mol. The lowest BCUT2D eigenvalue weighted by Gasteiger charge is -2.24. The van der Waals surface area contributed by atoms with Crippen molar-refractivity contribution in [1.82, 2.24) is 0 Å². The summed E-state index contributed by atoms with van der Waals surface area (Å²) in [4.78, 5) is 26.0. The van der Waals surface area contributed by atoms with E-state index in [4.69, 9.17) is 9.47 Å². The zero-order valence-corrected chi connectivity index (χ0v) is 16.3. The number of cyclic esters (lactones) is 1. The Kier molecular flexibility index (Phi) is 5.48. The van der Waals surface area contributed by atoms with Gasteiger partial charge in [-0.1, -0.05) is 42.5 Å². The van der Waals surface area contributed by atoms with Gasteiger partial charge in [-0.05, 0) is 54.4 Å². The second kappa shape index (κ2) is 8.37. The normalized spacial score (nSPS) is 18.2. The molecule has 1 heterocycles. The van der Waals surface area contributed by atoms with Crippen LogP contribution in [0.15, 0.2) is 78.9 Å². The van der Waals surface area contributed by atoms with E-state index in [1.165, 1.54) is 36.1 Å². The minimum absolute atomic E-state index is 0.262. The number of carbonyl (C=O) groups excluding carboxylic acids is 2. The maximum Gasteiger partial charge on any atom is 0.415 e. The lowest BCUT2D eigenvalue weighted by atomic mass is 9.98. The van der Waals surface area contributed by atoms with Crippen LogP contribution in [0.5, 0.6) is 5.75 Å². The van der Waals surface area contributed by atoms with E-state index in [0.29, 0.717) is 18.0 Å². The largest absolute Gasteiger partial charge is 0.489 e. The van der Waals surface area contributed by atoms with Gasteiger partial charge in [0.25, 0.3) is 0 Å². The number of carbonyl (C=O) groups is 2. The van der Waals surface area contributed by atoms with E-state index in [1.807, 2.05) is 30.3 Å². The molecule has 1 amide bonds. The van der Waals surface area contributed by atoms with Crippen LogP contribution in [0.25, 0.3) is 0 Å². The first-order valence-corrected chi connectivity index (χ1v) is 9.55. The Hall–Kier alpha value is -3.67.